The molecule has 0 saturated heterocycles. The van der Waals surface area contributed by atoms with E-state index in [4.69, 9.17) is 0 Å². The fourth-order valence-corrected chi connectivity index (χ4v) is 9.11. The zero-order valence-corrected chi connectivity index (χ0v) is 27.4. The summed E-state index contributed by atoms with van der Waals surface area (Å²) in [5, 5.41) is 10.4. The van der Waals surface area contributed by atoms with Crippen molar-refractivity contribution in [2.75, 3.05) is 0 Å². The first-order chi connectivity index (χ1) is 24.1. The second kappa shape index (κ2) is 9.49. The van der Waals surface area contributed by atoms with E-state index < -0.39 is 0 Å². The summed E-state index contributed by atoms with van der Waals surface area (Å²) >= 11 is 0. The molecule has 49 heavy (non-hydrogen) atoms. The van der Waals surface area contributed by atoms with Gasteiger partial charge in [0.1, 0.15) is 0 Å². The molecule has 0 bridgehead atoms. The summed E-state index contributed by atoms with van der Waals surface area (Å²) in [5.74, 6) is 0. The minimum Gasteiger partial charge on any atom is -0.309 e. The van der Waals surface area contributed by atoms with Crippen molar-refractivity contribution in [1.82, 2.24) is 9.13 Å². The monoisotopic (exact) mass is 624 g/mol. The van der Waals surface area contributed by atoms with E-state index in [-0.39, 0.29) is 5.41 Å². The molecule has 2 heteroatoms. The quantitative estimate of drug-likeness (QED) is 0.181. The van der Waals surface area contributed by atoms with E-state index in [1.54, 1.807) is 0 Å². The van der Waals surface area contributed by atoms with E-state index in [9.17, 15) is 0 Å². The second-order valence-corrected chi connectivity index (χ2v) is 14.1. The Morgan fingerprint density at radius 1 is 0.408 bits per heavy atom. The van der Waals surface area contributed by atoms with Crippen LogP contribution in [0.1, 0.15) is 25.0 Å². The van der Waals surface area contributed by atoms with Gasteiger partial charge in [0.2, 0.25) is 0 Å². The van der Waals surface area contributed by atoms with Crippen LogP contribution in [0.15, 0.2) is 158 Å². The third-order valence-corrected chi connectivity index (χ3v) is 11.3. The smallest absolute Gasteiger partial charge is 0.0626 e. The Morgan fingerprint density at radius 2 is 1.00 bits per heavy atom. The molecule has 0 unspecified atom stereocenters. The van der Waals surface area contributed by atoms with Gasteiger partial charge in [0.25, 0.3) is 0 Å². The van der Waals surface area contributed by atoms with Gasteiger partial charge in [-0.15, -0.1) is 0 Å². The van der Waals surface area contributed by atoms with Crippen molar-refractivity contribution < 1.29 is 0 Å². The van der Waals surface area contributed by atoms with Gasteiger partial charge in [-0.2, -0.15) is 0 Å². The average Bonchev–Trinajstić information content (AvgIpc) is 3.66. The Balaban J connectivity index is 1.28. The molecular formula is C47H32N2. The molecule has 0 amide bonds. The predicted molar refractivity (Wildman–Crippen MR) is 208 cm³/mol. The van der Waals surface area contributed by atoms with Gasteiger partial charge in [-0.05, 0) is 86.8 Å². The van der Waals surface area contributed by atoms with Crippen LogP contribution in [0.25, 0.3) is 87.7 Å². The normalized spacial score (nSPS) is 13.7. The fraction of sp³-hybridized carbons (Fsp3) is 0.0638. The average molecular weight is 625 g/mol. The molecule has 8 aromatic carbocycles. The minimum atomic E-state index is -0.107. The number of para-hydroxylation sites is 2. The molecule has 0 spiro atoms. The molecule has 2 aromatic heterocycles. The number of rotatable bonds is 2. The van der Waals surface area contributed by atoms with Crippen molar-refractivity contribution in [2.45, 2.75) is 19.3 Å². The standard InChI is InChI=1S/C47H32N2/c1-47(2)38-18-8-5-17-36(38)45-43-30(13-11-19-39(43)47)28-37-44-33-14-4-3-12-29(33)22-27-42(44)49(46(37)45)32-25-23-31(24-26-32)48-40-20-9-6-15-34(40)35-16-7-10-21-41(35)48/h3-28H,1-2H3. The molecule has 0 N–H and O–H groups in total. The van der Waals surface area contributed by atoms with Gasteiger partial charge >= 0.3 is 0 Å². The van der Waals surface area contributed by atoms with E-state index in [1.807, 2.05) is 0 Å². The maximum Gasteiger partial charge on any atom is 0.0626 e. The number of aromatic nitrogens is 2. The van der Waals surface area contributed by atoms with Crippen molar-refractivity contribution in [1.29, 1.82) is 0 Å². The number of hydrogen-bond donors (Lipinski definition) is 0. The van der Waals surface area contributed by atoms with Crippen LogP contribution in [0, 0.1) is 0 Å². The largest absolute Gasteiger partial charge is 0.309 e. The number of fused-ring (bicyclic) bond motifs is 11. The fourth-order valence-electron chi connectivity index (χ4n) is 9.11. The molecule has 1 aliphatic rings. The van der Waals surface area contributed by atoms with Crippen LogP contribution in [0.2, 0.25) is 0 Å². The number of benzene rings is 8. The van der Waals surface area contributed by atoms with Gasteiger partial charge in [-0.25, -0.2) is 0 Å². The summed E-state index contributed by atoms with van der Waals surface area (Å²) in [7, 11) is 0. The van der Waals surface area contributed by atoms with Gasteiger partial charge in [0.05, 0.1) is 22.1 Å². The Hall–Kier alpha value is -6.12. The minimum absolute atomic E-state index is 0.107. The van der Waals surface area contributed by atoms with Crippen molar-refractivity contribution in [3.8, 4) is 22.5 Å². The Kier molecular flexibility index (Phi) is 5.21. The maximum atomic E-state index is 2.54. The summed E-state index contributed by atoms with van der Waals surface area (Å²) in [6.45, 7) is 4.76. The molecular weight excluding hydrogens is 593 g/mol. The van der Waals surface area contributed by atoms with Crippen LogP contribution in [0.5, 0.6) is 0 Å². The summed E-state index contributed by atoms with van der Waals surface area (Å²) in [5.41, 5.74) is 12.6. The van der Waals surface area contributed by atoms with Gasteiger partial charge < -0.3 is 9.13 Å². The van der Waals surface area contributed by atoms with E-state index in [0.29, 0.717) is 0 Å². The molecule has 0 atom stereocenters. The van der Waals surface area contributed by atoms with Gasteiger partial charge in [0.15, 0.2) is 0 Å². The third kappa shape index (κ3) is 3.45. The highest BCUT2D eigenvalue weighted by atomic mass is 15.0. The number of hydrogen-bond acceptors (Lipinski definition) is 0. The van der Waals surface area contributed by atoms with Crippen molar-refractivity contribution in [2.24, 2.45) is 0 Å². The molecule has 0 radical (unpaired) electrons. The summed E-state index contributed by atoms with van der Waals surface area (Å²) in [6.07, 6.45) is 0. The highest BCUT2D eigenvalue weighted by Gasteiger charge is 2.35. The highest BCUT2D eigenvalue weighted by molar-refractivity contribution is 6.28. The first kappa shape index (κ1) is 26.9. The van der Waals surface area contributed by atoms with Crippen LogP contribution in [-0.4, -0.2) is 9.13 Å². The lowest BCUT2D eigenvalue weighted by molar-refractivity contribution is 0.645. The van der Waals surface area contributed by atoms with E-state index >= 15 is 0 Å². The lowest BCUT2D eigenvalue weighted by Crippen LogP contribution is -2.23. The van der Waals surface area contributed by atoms with Gasteiger partial charge in [0, 0.05) is 43.9 Å². The molecule has 0 aliphatic heterocycles. The molecule has 10 aromatic rings. The van der Waals surface area contributed by atoms with E-state index in [0.717, 1.165) is 11.4 Å². The lowest BCUT2D eigenvalue weighted by Gasteiger charge is -2.35. The Bertz CT molecular complexity index is 2950. The molecule has 0 saturated carbocycles. The topological polar surface area (TPSA) is 9.86 Å². The molecule has 2 heterocycles. The van der Waals surface area contributed by atoms with Crippen LogP contribution in [-0.2, 0) is 5.41 Å². The first-order valence-electron chi connectivity index (χ1n) is 17.2. The zero-order valence-electron chi connectivity index (χ0n) is 27.4. The van der Waals surface area contributed by atoms with E-state index in [2.05, 4.69) is 181 Å². The predicted octanol–water partition coefficient (Wildman–Crippen LogP) is 12.5. The molecule has 1 aliphatic carbocycles. The molecule has 230 valence electrons. The van der Waals surface area contributed by atoms with Crippen LogP contribution < -0.4 is 0 Å². The molecule has 2 nitrogen and oxygen atoms in total. The highest BCUT2D eigenvalue weighted by Crippen LogP contribution is 2.53. The molecule has 11 rings (SSSR count). The van der Waals surface area contributed by atoms with Crippen molar-refractivity contribution in [3.05, 3.63) is 169 Å². The molecule has 0 fully saturated rings. The van der Waals surface area contributed by atoms with Gasteiger partial charge in [-0.3, -0.25) is 0 Å². The zero-order chi connectivity index (χ0) is 32.4. The summed E-state index contributed by atoms with van der Waals surface area (Å²) < 4.78 is 4.93. The van der Waals surface area contributed by atoms with Crippen molar-refractivity contribution in [3.63, 3.8) is 0 Å². The summed E-state index contributed by atoms with van der Waals surface area (Å²) in [6, 6.07) is 58.6. The van der Waals surface area contributed by atoms with Crippen molar-refractivity contribution >= 4 is 65.2 Å². The second-order valence-electron chi connectivity index (χ2n) is 14.1. The Labute approximate surface area is 284 Å². The SMILES string of the molecule is CC1(C)c2ccccc2-c2c3c1cccc3cc1c3c4ccccc4ccc3n(-c3ccc(-n4c5ccccc5c5ccccc54)cc3)c21. The van der Waals surface area contributed by atoms with E-state index in [1.165, 1.54) is 87.4 Å². The Morgan fingerprint density at radius 3 is 1.76 bits per heavy atom. The summed E-state index contributed by atoms with van der Waals surface area (Å²) in [4.78, 5) is 0. The maximum absolute atomic E-state index is 2.54. The van der Waals surface area contributed by atoms with Crippen LogP contribution in [0.4, 0.5) is 0 Å². The number of nitrogens with zero attached hydrogens (tertiary/aromatic N) is 2. The van der Waals surface area contributed by atoms with Crippen LogP contribution in [0.3, 0.4) is 0 Å². The third-order valence-electron chi connectivity index (χ3n) is 11.3. The lowest BCUT2D eigenvalue weighted by atomic mass is 9.68. The van der Waals surface area contributed by atoms with Crippen LogP contribution >= 0.6 is 0 Å². The first-order valence-corrected chi connectivity index (χ1v) is 17.2. The van der Waals surface area contributed by atoms with Gasteiger partial charge in [-0.1, -0.05) is 123 Å².